The summed E-state index contributed by atoms with van der Waals surface area (Å²) in [7, 11) is 0. The summed E-state index contributed by atoms with van der Waals surface area (Å²) in [5.41, 5.74) is 1.07. The second-order valence-electron chi connectivity index (χ2n) is 7.50. The van der Waals surface area contributed by atoms with Crippen molar-refractivity contribution in [3.05, 3.63) is 54.4 Å². The van der Waals surface area contributed by atoms with Crippen LogP contribution in [-0.2, 0) is 0 Å². The molecule has 0 saturated carbocycles. The highest BCUT2D eigenvalue weighted by molar-refractivity contribution is 5.92. The number of carbonyl (C=O) groups is 1. The van der Waals surface area contributed by atoms with Crippen molar-refractivity contribution < 1.29 is 9.21 Å². The maximum Gasteiger partial charge on any atom is 0.287 e. The standard InChI is InChI=1S/C21H23N3O2/c1-14-20(16-8-11-23(14)12-9-16)22-21(25)18-6-7-19(26-18)24-13-10-15-4-2-3-5-17(15)24/h2-7,10,13-14,16,20H,8-9,11-12H2,1H3,(H,22,25)/t14-,20+/m1/s1. The molecule has 3 aliphatic rings. The number of para-hydroxylation sites is 1. The van der Waals surface area contributed by atoms with Gasteiger partial charge in [0.15, 0.2) is 5.76 Å². The lowest BCUT2D eigenvalue weighted by Gasteiger charge is -2.49. The number of furan rings is 1. The van der Waals surface area contributed by atoms with Crippen LogP contribution in [0.1, 0.15) is 30.3 Å². The maximum atomic E-state index is 12.7. The first-order chi connectivity index (χ1) is 12.7. The predicted octanol–water partition coefficient (Wildman–Crippen LogP) is 3.44. The molecule has 0 spiro atoms. The van der Waals surface area contributed by atoms with E-state index in [-0.39, 0.29) is 11.9 Å². The van der Waals surface area contributed by atoms with Crippen molar-refractivity contribution in [2.75, 3.05) is 13.1 Å². The molecular weight excluding hydrogens is 326 g/mol. The van der Waals surface area contributed by atoms with Gasteiger partial charge in [-0.15, -0.1) is 0 Å². The van der Waals surface area contributed by atoms with Crippen molar-refractivity contribution in [1.29, 1.82) is 0 Å². The fourth-order valence-electron chi connectivity index (χ4n) is 4.62. The van der Waals surface area contributed by atoms with Crippen LogP contribution < -0.4 is 5.32 Å². The van der Waals surface area contributed by atoms with Gasteiger partial charge in [0, 0.05) is 29.7 Å². The van der Waals surface area contributed by atoms with Crippen LogP contribution in [0.3, 0.4) is 0 Å². The number of amides is 1. The lowest BCUT2D eigenvalue weighted by molar-refractivity contribution is 0.0211. The predicted molar refractivity (Wildman–Crippen MR) is 101 cm³/mol. The van der Waals surface area contributed by atoms with E-state index in [0.29, 0.717) is 23.6 Å². The van der Waals surface area contributed by atoms with Crippen molar-refractivity contribution in [3.8, 4) is 5.88 Å². The van der Waals surface area contributed by atoms with Crippen LogP contribution >= 0.6 is 0 Å². The molecule has 6 rings (SSSR count). The van der Waals surface area contributed by atoms with E-state index in [1.807, 2.05) is 41.1 Å². The van der Waals surface area contributed by atoms with Crippen LogP contribution in [0.2, 0.25) is 0 Å². The Morgan fingerprint density at radius 3 is 2.73 bits per heavy atom. The van der Waals surface area contributed by atoms with Gasteiger partial charge in [-0.25, -0.2) is 0 Å². The van der Waals surface area contributed by atoms with Crippen LogP contribution in [0, 0.1) is 5.92 Å². The molecule has 26 heavy (non-hydrogen) atoms. The molecule has 0 unspecified atom stereocenters. The third-order valence-corrected chi connectivity index (χ3v) is 6.13. The number of piperidine rings is 3. The molecule has 3 aromatic rings. The van der Waals surface area contributed by atoms with Crippen molar-refractivity contribution in [1.82, 2.24) is 14.8 Å². The zero-order chi connectivity index (χ0) is 17.7. The third kappa shape index (κ3) is 2.46. The van der Waals surface area contributed by atoms with Crippen LogP contribution in [0.15, 0.2) is 53.1 Å². The fourth-order valence-corrected chi connectivity index (χ4v) is 4.62. The number of nitrogens with zero attached hydrogens (tertiary/aromatic N) is 2. The minimum absolute atomic E-state index is 0.113. The topological polar surface area (TPSA) is 50.4 Å². The van der Waals surface area contributed by atoms with Crippen molar-refractivity contribution in [2.45, 2.75) is 31.8 Å². The molecule has 1 N–H and O–H groups in total. The molecule has 2 atom stereocenters. The van der Waals surface area contributed by atoms with Gasteiger partial charge in [-0.05, 0) is 57.0 Å². The molecule has 0 aliphatic carbocycles. The highest BCUT2D eigenvalue weighted by Crippen LogP contribution is 2.32. The third-order valence-electron chi connectivity index (χ3n) is 6.13. The molecule has 0 radical (unpaired) electrons. The number of nitrogens with one attached hydrogen (secondary N) is 1. The number of carbonyl (C=O) groups excluding carboxylic acids is 1. The second kappa shape index (κ2) is 6.02. The fraction of sp³-hybridized carbons (Fsp3) is 0.381. The van der Waals surface area contributed by atoms with Gasteiger partial charge in [-0.3, -0.25) is 14.3 Å². The minimum atomic E-state index is -0.113. The smallest absolute Gasteiger partial charge is 0.287 e. The minimum Gasteiger partial charge on any atom is -0.435 e. The monoisotopic (exact) mass is 349 g/mol. The van der Waals surface area contributed by atoms with Gasteiger partial charge in [-0.2, -0.15) is 0 Å². The summed E-state index contributed by atoms with van der Waals surface area (Å²) in [4.78, 5) is 15.2. The molecule has 3 aliphatic heterocycles. The summed E-state index contributed by atoms with van der Waals surface area (Å²) >= 11 is 0. The molecular formula is C21H23N3O2. The van der Waals surface area contributed by atoms with E-state index in [0.717, 1.165) is 24.0 Å². The van der Waals surface area contributed by atoms with E-state index in [1.165, 1.54) is 12.8 Å². The number of aromatic nitrogens is 1. The summed E-state index contributed by atoms with van der Waals surface area (Å²) in [6, 6.07) is 14.4. The summed E-state index contributed by atoms with van der Waals surface area (Å²) < 4.78 is 7.87. The Balaban J connectivity index is 1.37. The SMILES string of the molecule is C[C@@H]1[C@H](NC(=O)c2ccc(-n3ccc4ccccc43)o2)C2CCN1CC2. The average molecular weight is 349 g/mol. The average Bonchev–Trinajstić information content (AvgIpc) is 3.31. The quantitative estimate of drug-likeness (QED) is 0.788. The van der Waals surface area contributed by atoms with E-state index in [1.54, 1.807) is 6.07 Å². The van der Waals surface area contributed by atoms with Crippen LogP contribution in [0.5, 0.6) is 0 Å². The van der Waals surface area contributed by atoms with Gasteiger partial charge >= 0.3 is 0 Å². The zero-order valence-electron chi connectivity index (χ0n) is 14.9. The molecule has 5 nitrogen and oxygen atoms in total. The zero-order valence-corrected chi connectivity index (χ0v) is 14.9. The summed E-state index contributed by atoms with van der Waals surface area (Å²) in [5, 5.41) is 4.38. The Bertz CT molecular complexity index is 947. The molecule has 1 aromatic carbocycles. The Morgan fingerprint density at radius 1 is 1.12 bits per heavy atom. The Labute approximate surface area is 152 Å². The van der Waals surface area contributed by atoms with Crippen molar-refractivity contribution in [3.63, 3.8) is 0 Å². The summed E-state index contributed by atoms with van der Waals surface area (Å²) in [5.74, 6) is 1.51. The van der Waals surface area contributed by atoms with Gasteiger partial charge in [0.25, 0.3) is 5.91 Å². The number of hydrogen-bond donors (Lipinski definition) is 1. The van der Waals surface area contributed by atoms with E-state index < -0.39 is 0 Å². The van der Waals surface area contributed by atoms with E-state index >= 15 is 0 Å². The molecule has 5 heterocycles. The molecule has 5 heteroatoms. The van der Waals surface area contributed by atoms with Gasteiger partial charge in [0.1, 0.15) is 0 Å². The van der Waals surface area contributed by atoms with E-state index in [4.69, 9.17) is 4.42 Å². The molecule has 2 aromatic heterocycles. The van der Waals surface area contributed by atoms with Gasteiger partial charge < -0.3 is 9.73 Å². The number of fused-ring (bicyclic) bond motifs is 4. The summed E-state index contributed by atoms with van der Waals surface area (Å²) in [6.07, 6.45) is 4.32. The highest BCUT2D eigenvalue weighted by atomic mass is 16.4. The summed E-state index contributed by atoms with van der Waals surface area (Å²) in [6.45, 7) is 4.53. The van der Waals surface area contributed by atoms with Crippen LogP contribution in [0.25, 0.3) is 16.8 Å². The van der Waals surface area contributed by atoms with Gasteiger partial charge in [-0.1, -0.05) is 18.2 Å². The Kier molecular flexibility index (Phi) is 3.64. The maximum absolute atomic E-state index is 12.7. The first-order valence-corrected chi connectivity index (χ1v) is 9.42. The molecule has 1 amide bonds. The van der Waals surface area contributed by atoms with Crippen LogP contribution in [0.4, 0.5) is 0 Å². The Morgan fingerprint density at radius 2 is 1.92 bits per heavy atom. The first-order valence-electron chi connectivity index (χ1n) is 9.42. The van der Waals surface area contributed by atoms with E-state index in [9.17, 15) is 4.79 Å². The van der Waals surface area contributed by atoms with Gasteiger partial charge in [0.05, 0.1) is 5.52 Å². The van der Waals surface area contributed by atoms with Crippen LogP contribution in [-0.4, -0.2) is 40.5 Å². The molecule has 3 fully saturated rings. The second-order valence-corrected chi connectivity index (χ2v) is 7.50. The number of benzene rings is 1. The van der Waals surface area contributed by atoms with Crippen molar-refractivity contribution in [2.24, 2.45) is 5.92 Å². The van der Waals surface area contributed by atoms with Gasteiger partial charge in [0.2, 0.25) is 5.88 Å². The largest absolute Gasteiger partial charge is 0.435 e. The first kappa shape index (κ1) is 15.7. The normalized spacial score (nSPS) is 27.7. The molecule has 134 valence electrons. The van der Waals surface area contributed by atoms with Crippen molar-refractivity contribution >= 4 is 16.8 Å². The lowest BCUT2D eigenvalue weighted by Crippen LogP contribution is -2.62. The molecule has 3 saturated heterocycles. The molecule has 2 bridgehead atoms. The lowest BCUT2D eigenvalue weighted by atomic mass is 9.79. The Hall–Kier alpha value is -2.53. The highest BCUT2D eigenvalue weighted by Gasteiger charge is 2.40. The number of rotatable bonds is 3. The van der Waals surface area contributed by atoms with E-state index in [2.05, 4.69) is 23.2 Å². The number of hydrogen-bond acceptors (Lipinski definition) is 3.